The zero-order valence-corrected chi connectivity index (χ0v) is 7.64. The molecule has 62 valence electrons. The smallest absolute Gasteiger partial charge is 0.0233 e. The first-order valence-electron chi connectivity index (χ1n) is 4.64. The number of hydrogen-bond acceptors (Lipinski definition) is 0. The zero-order valence-electron chi connectivity index (χ0n) is 7.64. The molecule has 1 rings (SSSR count). The molecule has 1 aliphatic carbocycles. The van der Waals surface area contributed by atoms with Crippen LogP contribution in [-0.2, 0) is 0 Å². The molecule has 0 fully saturated rings. The summed E-state index contributed by atoms with van der Waals surface area (Å²) in [5.74, 6) is 0. The summed E-state index contributed by atoms with van der Waals surface area (Å²) in [5, 5.41) is 0. The average Bonchev–Trinajstić information content (AvgIpc) is 2.30. The van der Waals surface area contributed by atoms with Crippen LogP contribution in [0, 0.1) is 5.41 Å². The van der Waals surface area contributed by atoms with Gasteiger partial charge in [0.2, 0.25) is 0 Å². The lowest BCUT2D eigenvalue weighted by molar-refractivity contribution is 0.270. The summed E-state index contributed by atoms with van der Waals surface area (Å²) in [4.78, 5) is 0. The minimum absolute atomic E-state index is 0.573. The molecule has 0 atom stereocenters. The van der Waals surface area contributed by atoms with Crippen LogP contribution in [0.25, 0.3) is 0 Å². The Hall–Kier alpha value is -0.520. The molecule has 0 heteroatoms. The lowest BCUT2D eigenvalue weighted by Gasteiger charge is -2.28. The molecule has 1 aliphatic rings. The van der Waals surface area contributed by atoms with Crippen LogP contribution in [0.4, 0.5) is 0 Å². The minimum Gasteiger partial charge on any atom is -0.0840 e. The molecule has 11 heavy (non-hydrogen) atoms. The maximum Gasteiger partial charge on any atom is -0.0233 e. The minimum atomic E-state index is 0.573. The van der Waals surface area contributed by atoms with E-state index in [-0.39, 0.29) is 0 Å². The van der Waals surface area contributed by atoms with E-state index in [4.69, 9.17) is 0 Å². The lowest BCUT2D eigenvalue weighted by Crippen LogP contribution is -2.16. The Morgan fingerprint density at radius 1 is 1.00 bits per heavy atom. The molecule has 0 aromatic carbocycles. The van der Waals surface area contributed by atoms with Crippen LogP contribution in [-0.4, -0.2) is 0 Å². The molecule has 0 aliphatic heterocycles. The van der Waals surface area contributed by atoms with E-state index in [0.717, 1.165) is 0 Å². The van der Waals surface area contributed by atoms with Crippen molar-refractivity contribution in [1.29, 1.82) is 0 Å². The number of hydrogen-bond donors (Lipinski definition) is 0. The van der Waals surface area contributed by atoms with Crippen LogP contribution in [0.1, 0.15) is 39.5 Å². The van der Waals surface area contributed by atoms with E-state index in [1.165, 1.54) is 25.7 Å². The molecule has 0 aromatic rings. The van der Waals surface area contributed by atoms with E-state index in [9.17, 15) is 0 Å². The van der Waals surface area contributed by atoms with E-state index in [1.807, 2.05) is 0 Å². The summed E-state index contributed by atoms with van der Waals surface area (Å²) in [7, 11) is 0. The van der Waals surface area contributed by atoms with Crippen molar-refractivity contribution in [2.24, 2.45) is 5.41 Å². The van der Waals surface area contributed by atoms with Crippen LogP contribution in [0.3, 0.4) is 0 Å². The summed E-state index contributed by atoms with van der Waals surface area (Å²) in [6.45, 7) is 4.60. The van der Waals surface area contributed by atoms with Gasteiger partial charge in [0.1, 0.15) is 0 Å². The molecule has 0 spiro atoms. The Morgan fingerprint density at radius 2 is 1.45 bits per heavy atom. The summed E-state index contributed by atoms with van der Waals surface area (Å²) in [6.07, 6.45) is 14.1. The molecule has 0 saturated carbocycles. The summed E-state index contributed by atoms with van der Waals surface area (Å²) in [5.41, 5.74) is 0.573. The molecule has 0 nitrogen and oxygen atoms in total. The van der Waals surface area contributed by atoms with E-state index < -0.39 is 0 Å². The second-order valence-corrected chi connectivity index (χ2v) is 3.47. The van der Waals surface area contributed by atoms with E-state index in [1.54, 1.807) is 0 Å². The van der Waals surface area contributed by atoms with Crippen molar-refractivity contribution in [2.75, 3.05) is 0 Å². The first-order chi connectivity index (χ1) is 5.33. The summed E-state index contributed by atoms with van der Waals surface area (Å²) < 4.78 is 0. The van der Waals surface area contributed by atoms with Gasteiger partial charge in [-0.2, -0.15) is 0 Å². The first-order valence-corrected chi connectivity index (χ1v) is 4.64. The Labute approximate surface area is 70.0 Å². The monoisotopic (exact) mass is 150 g/mol. The third kappa shape index (κ3) is 1.95. The van der Waals surface area contributed by atoms with Gasteiger partial charge in [0.15, 0.2) is 0 Å². The fourth-order valence-electron chi connectivity index (χ4n) is 1.70. The van der Waals surface area contributed by atoms with Crippen molar-refractivity contribution in [3.05, 3.63) is 24.3 Å². The molecular formula is C11H18. The molecule has 0 amide bonds. The molecular weight excluding hydrogens is 132 g/mol. The van der Waals surface area contributed by atoms with Gasteiger partial charge < -0.3 is 0 Å². The average molecular weight is 150 g/mol. The molecule has 0 aromatic heterocycles. The zero-order chi connectivity index (χ0) is 8.16. The van der Waals surface area contributed by atoms with Gasteiger partial charge in [0.25, 0.3) is 0 Å². The Bertz CT molecular complexity index is 143. The Kier molecular flexibility index (Phi) is 2.92. The number of rotatable bonds is 2. The van der Waals surface area contributed by atoms with Crippen molar-refractivity contribution < 1.29 is 0 Å². The molecule has 0 N–H and O–H groups in total. The maximum atomic E-state index is 2.30. The maximum absolute atomic E-state index is 2.30. The normalized spacial score (nSPS) is 21.6. The molecule has 0 unspecified atom stereocenters. The fraction of sp³-hybridized carbons (Fsp3) is 0.636. The molecule has 0 radical (unpaired) electrons. The van der Waals surface area contributed by atoms with E-state index in [0.29, 0.717) is 5.41 Å². The van der Waals surface area contributed by atoms with Crippen molar-refractivity contribution in [1.82, 2.24) is 0 Å². The second kappa shape index (κ2) is 3.75. The molecule has 0 heterocycles. The molecule has 0 saturated heterocycles. The van der Waals surface area contributed by atoms with E-state index >= 15 is 0 Å². The van der Waals surface area contributed by atoms with Crippen LogP contribution < -0.4 is 0 Å². The van der Waals surface area contributed by atoms with Gasteiger partial charge in [-0.3, -0.25) is 0 Å². The van der Waals surface area contributed by atoms with Gasteiger partial charge in [-0.15, -0.1) is 0 Å². The van der Waals surface area contributed by atoms with E-state index in [2.05, 4.69) is 38.2 Å². The predicted molar refractivity (Wildman–Crippen MR) is 50.5 cm³/mol. The van der Waals surface area contributed by atoms with Crippen molar-refractivity contribution in [2.45, 2.75) is 39.5 Å². The van der Waals surface area contributed by atoms with Gasteiger partial charge in [-0.1, -0.05) is 38.2 Å². The van der Waals surface area contributed by atoms with Crippen molar-refractivity contribution >= 4 is 0 Å². The van der Waals surface area contributed by atoms with Gasteiger partial charge in [0, 0.05) is 0 Å². The Morgan fingerprint density at radius 3 is 1.82 bits per heavy atom. The van der Waals surface area contributed by atoms with Crippen molar-refractivity contribution in [3.63, 3.8) is 0 Å². The second-order valence-electron chi connectivity index (χ2n) is 3.47. The highest BCUT2D eigenvalue weighted by Crippen LogP contribution is 2.36. The number of allylic oxidation sites excluding steroid dienone is 4. The molecule has 0 bridgehead atoms. The summed E-state index contributed by atoms with van der Waals surface area (Å²) >= 11 is 0. The van der Waals surface area contributed by atoms with Crippen molar-refractivity contribution in [3.8, 4) is 0 Å². The largest absolute Gasteiger partial charge is 0.0840 e. The quantitative estimate of drug-likeness (QED) is 0.563. The highest BCUT2D eigenvalue weighted by Gasteiger charge is 2.23. The summed E-state index contributed by atoms with van der Waals surface area (Å²) in [6, 6.07) is 0. The third-order valence-electron chi connectivity index (χ3n) is 2.99. The van der Waals surface area contributed by atoms with Crippen LogP contribution in [0.2, 0.25) is 0 Å². The van der Waals surface area contributed by atoms with Gasteiger partial charge in [-0.25, -0.2) is 0 Å². The lowest BCUT2D eigenvalue weighted by atomic mass is 9.77. The van der Waals surface area contributed by atoms with Crippen LogP contribution in [0.5, 0.6) is 0 Å². The van der Waals surface area contributed by atoms with Crippen LogP contribution in [0.15, 0.2) is 24.3 Å². The fourth-order valence-corrected chi connectivity index (χ4v) is 1.70. The Balaban J connectivity index is 2.67. The van der Waals surface area contributed by atoms with Gasteiger partial charge >= 0.3 is 0 Å². The topological polar surface area (TPSA) is 0 Å². The highest BCUT2D eigenvalue weighted by atomic mass is 14.3. The van der Waals surface area contributed by atoms with Gasteiger partial charge in [0.05, 0.1) is 0 Å². The van der Waals surface area contributed by atoms with Crippen LogP contribution >= 0.6 is 0 Å². The van der Waals surface area contributed by atoms with Gasteiger partial charge in [-0.05, 0) is 31.1 Å². The SMILES string of the molecule is CCC1(CC)CC=CC=CC1. The highest BCUT2D eigenvalue weighted by molar-refractivity contribution is 5.09. The third-order valence-corrected chi connectivity index (χ3v) is 2.99. The standard InChI is InChI=1S/C11H18/c1-3-11(4-2)9-7-5-6-8-10-11/h5-8H,3-4,9-10H2,1-2H3. The predicted octanol–water partition coefficient (Wildman–Crippen LogP) is 3.70. The first kappa shape index (κ1) is 8.58.